The Kier molecular flexibility index (Phi) is 5.40. The van der Waals surface area contributed by atoms with Crippen molar-refractivity contribution >= 4 is 65.3 Å². The topological polar surface area (TPSA) is 31.9 Å². The van der Waals surface area contributed by atoms with E-state index < -0.39 is 0 Å². The van der Waals surface area contributed by atoms with E-state index in [1.807, 2.05) is 47.0 Å². The fourth-order valence-electron chi connectivity index (χ4n) is 7.76. The standard InChI is InChI=1S/C43H27N3O/c47-43-33-24-25-36-39(31-20-10-12-22-34(31)44(36)28-14-4-1-5-15-28)41(33)42-38(46(43)30-18-8-3-9-19-30)27-26-37-40(42)32-21-11-13-23-35(32)45(37)29-16-6-2-7-17-29/h1-27H. The summed E-state index contributed by atoms with van der Waals surface area (Å²) in [5, 5.41) is 7.28. The van der Waals surface area contributed by atoms with Crippen LogP contribution in [-0.4, -0.2) is 13.7 Å². The molecule has 0 spiro atoms. The van der Waals surface area contributed by atoms with Gasteiger partial charge in [0.1, 0.15) is 0 Å². The highest BCUT2D eigenvalue weighted by molar-refractivity contribution is 6.35. The van der Waals surface area contributed by atoms with E-state index >= 15 is 0 Å². The van der Waals surface area contributed by atoms with Gasteiger partial charge in [-0.3, -0.25) is 9.36 Å². The molecule has 0 unspecified atom stereocenters. The molecule has 47 heavy (non-hydrogen) atoms. The third-order valence-corrected chi connectivity index (χ3v) is 9.62. The highest BCUT2D eigenvalue weighted by atomic mass is 16.1. The van der Waals surface area contributed by atoms with Crippen molar-refractivity contribution in [3.63, 3.8) is 0 Å². The molecule has 3 heterocycles. The monoisotopic (exact) mass is 601 g/mol. The third-order valence-electron chi connectivity index (χ3n) is 9.62. The Bertz CT molecular complexity index is 2900. The van der Waals surface area contributed by atoms with Gasteiger partial charge in [0.05, 0.1) is 27.6 Å². The highest BCUT2D eigenvalue weighted by Gasteiger charge is 2.24. The number of rotatable bonds is 3. The summed E-state index contributed by atoms with van der Waals surface area (Å²) in [6, 6.07) is 56.7. The van der Waals surface area contributed by atoms with E-state index in [0.717, 1.165) is 77.0 Å². The van der Waals surface area contributed by atoms with Crippen LogP contribution in [0.5, 0.6) is 0 Å². The molecule has 10 aromatic rings. The number of benzene rings is 7. The van der Waals surface area contributed by atoms with E-state index in [1.54, 1.807) is 0 Å². The van der Waals surface area contributed by atoms with Gasteiger partial charge < -0.3 is 9.13 Å². The number of nitrogens with zero attached hydrogens (tertiary/aromatic N) is 3. The van der Waals surface area contributed by atoms with Crippen molar-refractivity contribution in [2.24, 2.45) is 0 Å². The SMILES string of the molecule is O=c1c2ccc3c(c4ccccc4n3-c3ccccc3)c2c2c3c4ccccc4n(-c4ccccc4)c3ccc2n1-c1ccccc1. The maximum Gasteiger partial charge on any atom is 0.263 e. The van der Waals surface area contributed by atoms with Gasteiger partial charge in [-0.15, -0.1) is 0 Å². The smallest absolute Gasteiger partial charge is 0.263 e. The minimum Gasteiger partial charge on any atom is -0.309 e. The molecular weight excluding hydrogens is 574 g/mol. The van der Waals surface area contributed by atoms with E-state index in [4.69, 9.17) is 0 Å². The van der Waals surface area contributed by atoms with Gasteiger partial charge in [0.15, 0.2) is 0 Å². The van der Waals surface area contributed by atoms with Gasteiger partial charge in [0.25, 0.3) is 5.56 Å². The Balaban J connectivity index is 1.53. The second-order valence-corrected chi connectivity index (χ2v) is 12.1. The van der Waals surface area contributed by atoms with E-state index in [9.17, 15) is 4.79 Å². The zero-order valence-electron chi connectivity index (χ0n) is 25.3. The van der Waals surface area contributed by atoms with Crippen LogP contribution in [0, 0.1) is 0 Å². The molecule has 0 amide bonds. The minimum absolute atomic E-state index is 0.0247. The Morgan fingerprint density at radius 1 is 0.277 bits per heavy atom. The Morgan fingerprint density at radius 3 is 1.17 bits per heavy atom. The normalized spacial score (nSPS) is 11.9. The Labute approximate surface area is 269 Å². The first kappa shape index (κ1) is 25.9. The second kappa shape index (κ2) is 9.80. The van der Waals surface area contributed by atoms with Gasteiger partial charge in [-0.05, 0) is 72.8 Å². The lowest BCUT2D eigenvalue weighted by molar-refractivity contribution is 1.06. The zero-order valence-corrected chi connectivity index (χ0v) is 25.3. The van der Waals surface area contributed by atoms with Crippen LogP contribution in [0.1, 0.15) is 0 Å². The number of aromatic nitrogens is 3. The van der Waals surface area contributed by atoms with Crippen LogP contribution in [0.3, 0.4) is 0 Å². The van der Waals surface area contributed by atoms with Crippen LogP contribution < -0.4 is 5.56 Å². The lowest BCUT2D eigenvalue weighted by Crippen LogP contribution is -2.19. The molecule has 0 saturated heterocycles. The predicted molar refractivity (Wildman–Crippen MR) is 196 cm³/mol. The van der Waals surface area contributed by atoms with Crippen molar-refractivity contribution in [3.8, 4) is 17.1 Å². The van der Waals surface area contributed by atoms with Crippen LogP contribution in [0.4, 0.5) is 0 Å². The molecule has 0 aliphatic carbocycles. The summed E-state index contributed by atoms with van der Waals surface area (Å²) < 4.78 is 6.57. The molecule has 4 nitrogen and oxygen atoms in total. The van der Waals surface area contributed by atoms with Crippen LogP contribution in [0.25, 0.3) is 82.3 Å². The molecule has 0 bridgehead atoms. The maximum absolute atomic E-state index is 14.8. The van der Waals surface area contributed by atoms with Crippen LogP contribution in [0.15, 0.2) is 169 Å². The zero-order chi connectivity index (χ0) is 31.1. The number of hydrogen-bond acceptors (Lipinski definition) is 1. The van der Waals surface area contributed by atoms with Crippen LogP contribution in [0.2, 0.25) is 0 Å². The number of para-hydroxylation sites is 5. The summed E-state index contributed by atoms with van der Waals surface area (Å²) in [7, 11) is 0. The molecule has 0 saturated carbocycles. The molecule has 7 aromatic carbocycles. The van der Waals surface area contributed by atoms with Gasteiger partial charge in [0.2, 0.25) is 0 Å². The average Bonchev–Trinajstić information content (AvgIpc) is 3.66. The van der Waals surface area contributed by atoms with Crippen molar-refractivity contribution in [3.05, 3.63) is 174 Å². The van der Waals surface area contributed by atoms with Gasteiger partial charge in [-0.1, -0.05) is 91.0 Å². The molecule has 4 heteroatoms. The fraction of sp³-hybridized carbons (Fsp3) is 0. The van der Waals surface area contributed by atoms with E-state index in [2.05, 4.69) is 130 Å². The van der Waals surface area contributed by atoms with E-state index in [0.29, 0.717) is 5.39 Å². The summed E-state index contributed by atoms with van der Waals surface area (Å²) in [6.45, 7) is 0. The maximum atomic E-state index is 14.8. The van der Waals surface area contributed by atoms with Gasteiger partial charge >= 0.3 is 0 Å². The van der Waals surface area contributed by atoms with E-state index in [-0.39, 0.29) is 5.56 Å². The summed E-state index contributed by atoms with van der Waals surface area (Å²) in [4.78, 5) is 14.8. The molecular formula is C43H27N3O. The molecule has 0 fully saturated rings. The lowest BCUT2D eigenvalue weighted by atomic mass is 9.96. The molecule has 0 radical (unpaired) electrons. The molecule has 0 N–H and O–H groups in total. The summed E-state index contributed by atoms with van der Waals surface area (Å²) in [5.74, 6) is 0. The second-order valence-electron chi connectivity index (χ2n) is 12.1. The number of pyridine rings is 1. The van der Waals surface area contributed by atoms with Gasteiger partial charge in [-0.25, -0.2) is 0 Å². The van der Waals surface area contributed by atoms with Crippen molar-refractivity contribution < 1.29 is 0 Å². The first-order chi connectivity index (χ1) is 23.3. The summed E-state index contributed by atoms with van der Waals surface area (Å²) >= 11 is 0. The Hall–Kier alpha value is -6.39. The lowest BCUT2D eigenvalue weighted by Gasteiger charge is -2.16. The fourth-order valence-corrected chi connectivity index (χ4v) is 7.76. The summed E-state index contributed by atoms with van der Waals surface area (Å²) in [5.41, 5.74) is 8.33. The predicted octanol–water partition coefficient (Wildman–Crippen LogP) is 10.3. The largest absolute Gasteiger partial charge is 0.309 e. The molecule has 3 aromatic heterocycles. The summed E-state index contributed by atoms with van der Waals surface area (Å²) in [6.07, 6.45) is 0. The van der Waals surface area contributed by atoms with Crippen LogP contribution in [-0.2, 0) is 0 Å². The minimum atomic E-state index is -0.0247. The van der Waals surface area contributed by atoms with Gasteiger partial charge in [0, 0.05) is 54.8 Å². The van der Waals surface area contributed by atoms with Crippen molar-refractivity contribution in [1.82, 2.24) is 13.7 Å². The van der Waals surface area contributed by atoms with Crippen LogP contribution >= 0.6 is 0 Å². The first-order valence-corrected chi connectivity index (χ1v) is 15.9. The van der Waals surface area contributed by atoms with Gasteiger partial charge in [-0.2, -0.15) is 0 Å². The van der Waals surface area contributed by atoms with E-state index in [1.165, 1.54) is 0 Å². The van der Waals surface area contributed by atoms with Crippen molar-refractivity contribution in [2.45, 2.75) is 0 Å². The molecule has 0 aliphatic rings. The average molecular weight is 602 g/mol. The molecule has 0 atom stereocenters. The molecule has 10 rings (SSSR count). The molecule has 0 aliphatic heterocycles. The Morgan fingerprint density at radius 2 is 0.660 bits per heavy atom. The van der Waals surface area contributed by atoms with Crippen molar-refractivity contribution in [1.29, 1.82) is 0 Å². The number of hydrogen-bond donors (Lipinski definition) is 0. The third kappa shape index (κ3) is 3.55. The highest BCUT2D eigenvalue weighted by Crippen LogP contribution is 2.44. The quantitative estimate of drug-likeness (QED) is 0.185. The number of fused-ring (bicyclic) bond motifs is 11. The first-order valence-electron chi connectivity index (χ1n) is 15.9. The molecule has 220 valence electrons. The van der Waals surface area contributed by atoms with Crippen molar-refractivity contribution in [2.75, 3.05) is 0 Å².